The Hall–Kier alpha value is -2.23. The third-order valence-corrected chi connectivity index (χ3v) is 2.51. The molecule has 1 aliphatic rings. The third-order valence-electron chi connectivity index (χ3n) is 2.51. The Bertz CT molecular complexity index is 477. The summed E-state index contributed by atoms with van der Waals surface area (Å²) in [5, 5.41) is 4.06. The molecule has 0 spiro atoms. The zero-order chi connectivity index (χ0) is 12.1. The maximum absolute atomic E-state index is 5.36. The molecule has 0 saturated heterocycles. The lowest BCUT2D eigenvalue weighted by Gasteiger charge is -2.07. The van der Waals surface area contributed by atoms with Crippen LogP contribution in [0.2, 0.25) is 0 Å². The first kappa shape index (κ1) is 11.3. The molecule has 0 fully saturated rings. The van der Waals surface area contributed by atoms with Gasteiger partial charge in [0, 0.05) is 36.2 Å². The van der Waals surface area contributed by atoms with Gasteiger partial charge in [0.1, 0.15) is 0 Å². The Balaban J connectivity index is 2.11. The van der Waals surface area contributed by atoms with Crippen molar-refractivity contribution in [3.8, 4) is 0 Å². The van der Waals surface area contributed by atoms with E-state index in [2.05, 4.69) is 28.4 Å². The van der Waals surface area contributed by atoms with E-state index in [4.69, 9.17) is 4.84 Å². The van der Waals surface area contributed by atoms with Crippen molar-refractivity contribution in [1.82, 2.24) is 4.98 Å². The second kappa shape index (κ2) is 5.21. The van der Waals surface area contributed by atoms with Crippen LogP contribution in [-0.4, -0.2) is 23.5 Å². The van der Waals surface area contributed by atoms with Crippen LogP contribution in [-0.2, 0) is 4.84 Å². The first-order chi connectivity index (χ1) is 8.35. The van der Waals surface area contributed by atoms with E-state index in [0.717, 1.165) is 16.8 Å². The second-order valence-electron chi connectivity index (χ2n) is 3.59. The molecular formula is C13H13N3O. The minimum absolute atomic E-state index is 0.131. The first-order valence-corrected chi connectivity index (χ1v) is 5.26. The molecule has 2 rings (SSSR count). The standard InChI is InChI=1S/C13H13N3O/c1-3-10(8-14-2)13-7-12(16-17-13)11-5-4-6-15-9-11/h3-6,8-9,13H,1-2,7H2/b10-8+. The molecule has 4 heteroatoms. The minimum Gasteiger partial charge on any atom is -0.387 e. The number of oxime groups is 1. The largest absolute Gasteiger partial charge is 0.387 e. The van der Waals surface area contributed by atoms with Crippen LogP contribution in [0.3, 0.4) is 0 Å². The molecule has 0 aromatic carbocycles. The summed E-state index contributed by atoms with van der Waals surface area (Å²) >= 11 is 0. The lowest BCUT2D eigenvalue weighted by atomic mass is 10.0. The maximum Gasteiger partial charge on any atom is 0.159 e. The number of aliphatic imine (C=N–C) groups is 1. The van der Waals surface area contributed by atoms with Crippen LogP contribution in [0.15, 0.2) is 59.1 Å². The highest BCUT2D eigenvalue weighted by Gasteiger charge is 2.24. The lowest BCUT2D eigenvalue weighted by molar-refractivity contribution is 0.114. The number of aromatic nitrogens is 1. The molecule has 0 radical (unpaired) electrons. The average molecular weight is 227 g/mol. The Morgan fingerprint density at radius 3 is 3.12 bits per heavy atom. The third kappa shape index (κ3) is 2.47. The van der Waals surface area contributed by atoms with Gasteiger partial charge in [-0.15, -0.1) is 0 Å². The van der Waals surface area contributed by atoms with Crippen LogP contribution >= 0.6 is 0 Å². The van der Waals surface area contributed by atoms with Crippen LogP contribution in [0, 0.1) is 0 Å². The fourth-order valence-electron chi connectivity index (χ4n) is 1.63. The van der Waals surface area contributed by atoms with Crippen molar-refractivity contribution in [3.63, 3.8) is 0 Å². The summed E-state index contributed by atoms with van der Waals surface area (Å²) in [4.78, 5) is 13.1. The molecule has 2 heterocycles. The van der Waals surface area contributed by atoms with E-state index < -0.39 is 0 Å². The van der Waals surface area contributed by atoms with Crippen molar-refractivity contribution in [2.45, 2.75) is 12.5 Å². The van der Waals surface area contributed by atoms with Gasteiger partial charge in [0.2, 0.25) is 0 Å². The molecule has 86 valence electrons. The molecule has 17 heavy (non-hydrogen) atoms. The van der Waals surface area contributed by atoms with Gasteiger partial charge >= 0.3 is 0 Å². The van der Waals surface area contributed by atoms with Gasteiger partial charge in [0.15, 0.2) is 6.10 Å². The summed E-state index contributed by atoms with van der Waals surface area (Å²) < 4.78 is 0. The number of hydrogen-bond donors (Lipinski definition) is 0. The van der Waals surface area contributed by atoms with Crippen molar-refractivity contribution >= 4 is 12.4 Å². The Morgan fingerprint density at radius 2 is 2.47 bits per heavy atom. The van der Waals surface area contributed by atoms with Gasteiger partial charge in [0.05, 0.1) is 5.71 Å². The van der Waals surface area contributed by atoms with Crippen LogP contribution < -0.4 is 0 Å². The Labute approximate surface area is 100 Å². The second-order valence-corrected chi connectivity index (χ2v) is 3.59. The van der Waals surface area contributed by atoms with Gasteiger partial charge in [-0.05, 0) is 18.9 Å². The molecule has 0 saturated carbocycles. The monoisotopic (exact) mass is 227 g/mol. The fraction of sp³-hybridized carbons (Fsp3) is 0.154. The number of nitrogens with zero attached hydrogens (tertiary/aromatic N) is 3. The first-order valence-electron chi connectivity index (χ1n) is 5.26. The smallest absolute Gasteiger partial charge is 0.159 e. The number of pyridine rings is 1. The zero-order valence-electron chi connectivity index (χ0n) is 9.41. The summed E-state index contributed by atoms with van der Waals surface area (Å²) in [6, 6.07) is 3.83. The van der Waals surface area contributed by atoms with Crippen molar-refractivity contribution in [1.29, 1.82) is 0 Å². The average Bonchev–Trinajstić information content (AvgIpc) is 2.86. The molecule has 1 aliphatic heterocycles. The van der Waals surface area contributed by atoms with E-state index in [9.17, 15) is 0 Å². The van der Waals surface area contributed by atoms with Gasteiger partial charge in [-0.25, -0.2) is 0 Å². The van der Waals surface area contributed by atoms with Gasteiger partial charge in [-0.2, -0.15) is 0 Å². The highest BCUT2D eigenvalue weighted by atomic mass is 16.6. The predicted octanol–water partition coefficient (Wildman–Crippen LogP) is 2.35. The minimum atomic E-state index is -0.131. The summed E-state index contributed by atoms with van der Waals surface area (Å²) in [6.07, 6.45) is 7.41. The summed E-state index contributed by atoms with van der Waals surface area (Å²) in [5.74, 6) is 0. The van der Waals surface area contributed by atoms with E-state index in [-0.39, 0.29) is 6.10 Å². The molecule has 1 aromatic heterocycles. The molecule has 1 atom stereocenters. The van der Waals surface area contributed by atoms with E-state index in [1.165, 1.54) is 0 Å². The van der Waals surface area contributed by atoms with E-state index in [0.29, 0.717) is 6.42 Å². The maximum atomic E-state index is 5.36. The van der Waals surface area contributed by atoms with Gasteiger partial charge in [-0.3, -0.25) is 9.98 Å². The predicted molar refractivity (Wildman–Crippen MR) is 68.1 cm³/mol. The van der Waals surface area contributed by atoms with E-state index >= 15 is 0 Å². The Kier molecular flexibility index (Phi) is 3.45. The summed E-state index contributed by atoms with van der Waals surface area (Å²) in [7, 11) is 0. The zero-order valence-corrected chi connectivity index (χ0v) is 9.41. The van der Waals surface area contributed by atoms with Crippen LogP contribution in [0.1, 0.15) is 12.0 Å². The van der Waals surface area contributed by atoms with E-state index in [1.807, 2.05) is 12.1 Å². The number of rotatable bonds is 4. The quantitative estimate of drug-likeness (QED) is 0.585. The Morgan fingerprint density at radius 1 is 1.59 bits per heavy atom. The summed E-state index contributed by atoms with van der Waals surface area (Å²) in [5.41, 5.74) is 2.74. The molecule has 0 amide bonds. The molecular weight excluding hydrogens is 214 g/mol. The van der Waals surface area contributed by atoms with Crippen LogP contribution in [0.4, 0.5) is 0 Å². The highest BCUT2D eigenvalue weighted by molar-refractivity contribution is 6.01. The lowest BCUT2D eigenvalue weighted by Crippen LogP contribution is -2.10. The molecule has 0 N–H and O–H groups in total. The molecule has 1 aromatic rings. The van der Waals surface area contributed by atoms with Gasteiger partial charge < -0.3 is 4.84 Å². The van der Waals surface area contributed by atoms with Gasteiger partial charge in [0.25, 0.3) is 0 Å². The van der Waals surface area contributed by atoms with Crippen LogP contribution in [0.25, 0.3) is 0 Å². The van der Waals surface area contributed by atoms with Crippen molar-refractivity contribution in [3.05, 3.63) is 54.5 Å². The summed E-state index contributed by atoms with van der Waals surface area (Å²) in [6.45, 7) is 7.14. The number of hydrogen-bond acceptors (Lipinski definition) is 4. The SMILES string of the molecule is C=C/C(=C\N=C)C1CC(c2cccnc2)=NO1. The molecule has 1 unspecified atom stereocenters. The van der Waals surface area contributed by atoms with Crippen LogP contribution in [0.5, 0.6) is 0 Å². The molecule has 0 bridgehead atoms. The fourth-order valence-corrected chi connectivity index (χ4v) is 1.63. The van der Waals surface area contributed by atoms with Crippen molar-refractivity contribution in [2.75, 3.05) is 0 Å². The normalized spacial score (nSPS) is 19.4. The highest BCUT2D eigenvalue weighted by Crippen LogP contribution is 2.22. The topological polar surface area (TPSA) is 46.8 Å². The molecule has 0 aliphatic carbocycles. The van der Waals surface area contributed by atoms with Crippen molar-refractivity contribution in [2.24, 2.45) is 10.1 Å². The van der Waals surface area contributed by atoms with E-state index in [1.54, 1.807) is 24.7 Å². The van der Waals surface area contributed by atoms with Gasteiger partial charge in [-0.1, -0.05) is 17.8 Å². The molecule has 4 nitrogen and oxygen atoms in total. The van der Waals surface area contributed by atoms with Crippen molar-refractivity contribution < 1.29 is 4.84 Å².